The van der Waals surface area contributed by atoms with E-state index in [-0.39, 0.29) is 36.3 Å². The molecule has 2 N–H and O–H groups in total. The Kier molecular flexibility index (Phi) is 4.21. The van der Waals surface area contributed by atoms with Gasteiger partial charge in [-0.05, 0) is 42.9 Å². The predicted molar refractivity (Wildman–Crippen MR) is 88.8 cm³/mol. The standard InChI is InChI=1S/C19H19F4NO3/c20-13-6-5-12(19(21,22)23)15-11-7-8-27-18(9-14(25)26,10-3-1-2-4-10)17(11)24-16(13)15/h5-6,10,24H,1-4,7-9H2,(H,25,26). The van der Waals surface area contributed by atoms with E-state index in [1.54, 1.807) is 0 Å². The number of nitrogens with one attached hydrogen (secondary N) is 1. The van der Waals surface area contributed by atoms with Gasteiger partial charge < -0.3 is 14.8 Å². The minimum absolute atomic E-state index is 0.109. The van der Waals surface area contributed by atoms with Gasteiger partial charge in [-0.25, -0.2) is 4.39 Å². The van der Waals surface area contributed by atoms with E-state index >= 15 is 0 Å². The summed E-state index contributed by atoms with van der Waals surface area (Å²) < 4.78 is 61.0. The van der Waals surface area contributed by atoms with Crippen LogP contribution in [0, 0.1) is 11.7 Å². The monoisotopic (exact) mass is 385 g/mol. The number of aromatic amines is 1. The normalized spacial score (nSPS) is 23.7. The van der Waals surface area contributed by atoms with Crippen molar-refractivity contribution in [3.8, 4) is 0 Å². The molecule has 27 heavy (non-hydrogen) atoms. The van der Waals surface area contributed by atoms with E-state index in [1.807, 2.05) is 0 Å². The Labute approximate surface area is 152 Å². The Morgan fingerprint density at radius 3 is 2.63 bits per heavy atom. The van der Waals surface area contributed by atoms with E-state index in [1.165, 1.54) is 0 Å². The van der Waals surface area contributed by atoms with E-state index in [2.05, 4.69) is 4.98 Å². The Morgan fingerprint density at radius 1 is 1.30 bits per heavy atom. The molecule has 4 rings (SSSR count). The van der Waals surface area contributed by atoms with Gasteiger partial charge in [-0.15, -0.1) is 0 Å². The lowest BCUT2D eigenvalue weighted by Crippen LogP contribution is -2.43. The summed E-state index contributed by atoms with van der Waals surface area (Å²) in [5.41, 5.74) is -1.75. The van der Waals surface area contributed by atoms with Crippen LogP contribution in [0.5, 0.6) is 0 Å². The molecule has 2 heterocycles. The molecule has 1 atom stereocenters. The number of H-pyrrole nitrogens is 1. The van der Waals surface area contributed by atoms with Crippen LogP contribution in [0.15, 0.2) is 12.1 Å². The molecular weight excluding hydrogens is 366 g/mol. The maximum Gasteiger partial charge on any atom is 0.417 e. The molecule has 8 heteroatoms. The van der Waals surface area contributed by atoms with Crippen LogP contribution in [0.2, 0.25) is 0 Å². The Morgan fingerprint density at radius 2 is 2.00 bits per heavy atom. The van der Waals surface area contributed by atoms with E-state index in [4.69, 9.17) is 4.74 Å². The highest BCUT2D eigenvalue weighted by molar-refractivity contribution is 5.90. The smallest absolute Gasteiger partial charge is 0.417 e. The Hall–Kier alpha value is -2.09. The van der Waals surface area contributed by atoms with Gasteiger partial charge in [0.15, 0.2) is 0 Å². The number of ether oxygens (including phenoxy) is 1. The minimum Gasteiger partial charge on any atom is -0.481 e. The SMILES string of the molecule is O=C(O)CC1(C2CCCC2)OCCc2c1[nH]c1c(F)ccc(C(F)(F)F)c21. The summed E-state index contributed by atoms with van der Waals surface area (Å²) in [6, 6.07) is 1.54. The van der Waals surface area contributed by atoms with Gasteiger partial charge in [-0.1, -0.05) is 12.8 Å². The number of fused-ring (bicyclic) bond motifs is 3. The van der Waals surface area contributed by atoms with Gasteiger partial charge in [0, 0.05) is 5.39 Å². The molecule has 1 fully saturated rings. The molecule has 0 spiro atoms. The number of hydrogen-bond donors (Lipinski definition) is 2. The zero-order valence-electron chi connectivity index (χ0n) is 14.5. The second kappa shape index (κ2) is 6.22. The van der Waals surface area contributed by atoms with Crippen LogP contribution in [-0.2, 0) is 27.7 Å². The zero-order chi connectivity index (χ0) is 19.4. The molecule has 1 unspecified atom stereocenters. The van der Waals surface area contributed by atoms with Crippen LogP contribution in [0.3, 0.4) is 0 Å². The van der Waals surface area contributed by atoms with Crippen molar-refractivity contribution in [1.82, 2.24) is 4.98 Å². The molecule has 1 aliphatic heterocycles. The maximum atomic E-state index is 14.4. The third-order valence-corrected chi connectivity index (χ3v) is 5.88. The topological polar surface area (TPSA) is 62.3 Å². The number of aliphatic carboxylic acids is 1. The molecule has 0 saturated heterocycles. The third kappa shape index (κ3) is 2.81. The molecule has 0 radical (unpaired) electrons. The number of rotatable bonds is 3. The highest BCUT2D eigenvalue weighted by Gasteiger charge is 2.50. The third-order valence-electron chi connectivity index (χ3n) is 5.88. The van der Waals surface area contributed by atoms with Crippen LogP contribution < -0.4 is 0 Å². The number of hydrogen-bond acceptors (Lipinski definition) is 2. The number of alkyl halides is 3. The molecular formula is C19H19F4NO3. The molecule has 1 aliphatic carbocycles. The average Bonchev–Trinajstić information content (AvgIpc) is 3.22. The van der Waals surface area contributed by atoms with Crippen molar-refractivity contribution in [2.45, 2.75) is 50.3 Å². The Balaban J connectivity index is 2.01. The summed E-state index contributed by atoms with van der Waals surface area (Å²) in [4.78, 5) is 14.4. The lowest BCUT2D eigenvalue weighted by Gasteiger charge is -2.41. The number of halogens is 4. The molecule has 0 amide bonds. The van der Waals surface area contributed by atoms with Crippen LogP contribution in [0.4, 0.5) is 17.6 Å². The van der Waals surface area contributed by atoms with Crippen molar-refractivity contribution in [2.24, 2.45) is 5.92 Å². The van der Waals surface area contributed by atoms with Gasteiger partial charge in [-0.2, -0.15) is 13.2 Å². The van der Waals surface area contributed by atoms with Gasteiger partial charge in [0.05, 0.1) is 29.8 Å². The summed E-state index contributed by atoms with van der Waals surface area (Å²) in [5.74, 6) is -2.01. The van der Waals surface area contributed by atoms with E-state index in [0.29, 0.717) is 11.3 Å². The number of aromatic nitrogens is 1. The molecule has 1 saturated carbocycles. The average molecular weight is 385 g/mol. The summed E-state index contributed by atoms with van der Waals surface area (Å²) in [5, 5.41) is 9.28. The largest absolute Gasteiger partial charge is 0.481 e. The second-order valence-electron chi connectivity index (χ2n) is 7.36. The summed E-state index contributed by atoms with van der Waals surface area (Å²) in [6.45, 7) is 0.109. The first-order chi connectivity index (χ1) is 12.7. The molecule has 4 nitrogen and oxygen atoms in total. The molecule has 2 aromatic rings. The fourth-order valence-electron chi connectivity index (χ4n) is 4.82. The lowest BCUT2D eigenvalue weighted by atomic mass is 9.77. The van der Waals surface area contributed by atoms with Gasteiger partial charge in [0.25, 0.3) is 0 Å². The first-order valence-electron chi connectivity index (χ1n) is 9.00. The maximum absolute atomic E-state index is 14.4. The Bertz CT molecular complexity index is 898. The van der Waals surface area contributed by atoms with E-state index < -0.39 is 29.1 Å². The summed E-state index contributed by atoms with van der Waals surface area (Å²) in [7, 11) is 0. The van der Waals surface area contributed by atoms with Gasteiger partial charge in [0.1, 0.15) is 11.4 Å². The van der Waals surface area contributed by atoms with Crippen LogP contribution in [0.1, 0.15) is 48.9 Å². The lowest BCUT2D eigenvalue weighted by molar-refractivity contribution is -0.156. The number of carboxylic acid groups (broad SMARTS) is 1. The van der Waals surface area contributed by atoms with E-state index in [9.17, 15) is 27.5 Å². The molecule has 1 aromatic heterocycles. The van der Waals surface area contributed by atoms with Crippen molar-refractivity contribution in [2.75, 3.05) is 6.61 Å². The highest BCUT2D eigenvalue weighted by Crippen LogP contribution is 2.51. The number of carbonyl (C=O) groups is 1. The van der Waals surface area contributed by atoms with Crippen LogP contribution in [0.25, 0.3) is 10.9 Å². The van der Waals surface area contributed by atoms with Crippen molar-refractivity contribution in [1.29, 1.82) is 0 Å². The number of benzene rings is 1. The first kappa shape index (κ1) is 18.3. The zero-order valence-corrected chi connectivity index (χ0v) is 14.5. The summed E-state index contributed by atoms with van der Waals surface area (Å²) >= 11 is 0. The second-order valence-corrected chi connectivity index (χ2v) is 7.36. The fraction of sp³-hybridized carbons (Fsp3) is 0.526. The van der Waals surface area contributed by atoms with Crippen molar-refractivity contribution in [3.63, 3.8) is 0 Å². The van der Waals surface area contributed by atoms with Crippen molar-refractivity contribution in [3.05, 3.63) is 34.8 Å². The minimum atomic E-state index is -4.64. The van der Waals surface area contributed by atoms with Gasteiger partial charge >= 0.3 is 12.1 Å². The molecule has 1 aromatic carbocycles. The highest BCUT2D eigenvalue weighted by atomic mass is 19.4. The predicted octanol–water partition coefficient (Wildman–Crippen LogP) is 4.76. The number of carboxylic acids is 1. The van der Waals surface area contributed by atoms with Crippen molar-refractivity contribution >= 4 is 16.9 Å². The van der Waals surface area contributed by atoms with Gasteiger partial charge in [-0.3, -0.25) is 4.79 Å². The van der Waals surface area contributed by atoms with Gasteiger partial charge in [0.2, 0.25) is 0 Å². The molecule has 2 aliphatic rings. The van der Waals surface area contributed by atoms with Crippen LogP contribution in [-0.4, -0.2) is 22.7 Å². The quantitative estimate of drug-likeness (QED) is 0.749. The fourth-order valence-corrected chi connectivity index (χ4v) is 4.82. The van der Waals surface area contributed by atoms with Crippen LogP contribution >= 0.6 is 0 Å². The molecule has 0 bridgehead atoms. The van der Waals surface area contributed by atoms with Crippen molar-refractivity contribution < 1.29 is 32.2 Å². The van der Waals surface area contributed by atoms with E-state index in [0.717, 1.165) is 37.8 Å². The molecule has 146 valence electrons. The first-order valence-corrected chi connectivity index (χ1v) is 9.00. The summed E-state index contributed by atoms with van der Waals surface area (Å²) in [6.07, 6.45) is -1.53.